The Bertz CT molecular complexity index is 576. The number of benzene rings is 2. The van der Waals surface area contributed by atoms with E-state index in [-0.39, 0.29) is 5.97 Å². The van der Waals surface area contributed by atoms with Crippen molar-refractivity contribution in [3.8, 4) is 16.9 Å². The first kappa shape index (κ1) is 15.1. The molecule has 0 saturated carbocycles. The van der Waals surface area contributed by atoms with E-state index in [9.17, 15) is 4.79 Å². The van der Waals surface area contributed by atoms with E-state index < -0.39 is 0 Å². The summed E-state index contributed by atoms with van der Waals surface area (Å²) in [6, 6.07) is 15.2. The molecule has 0 aliphatic carbocycles. The summed E-state index contributed by atoms with van der Waals surface area (Å²) in [5.74, 6) is 0.503. The van der Waals surface area contributed by atoms with Gasteiger partial charge in [-0.15, -0.1) is 0 Å². The van der Waals surface area contributed by atoms with Crippen LogP contribution in [-0.2, 0) is 4.74 Å². The molecule has 4 heteroatoms. The van der Waals surface area contributed by atoms with Crippen molar-refractivity contribution in [3.63, 3.8) is 0 Å². The third-order valence-electron chi connectivity index (χ3n) is 3.11. The predicted octanol–water partition coefficient (Wildman–Crippen LogP) is 2.87. The number of hydrogen-bond donors (Lipinski definition) is 1. The van der Waals surface area contributed by atoms with Crippen LogP contribution >= 0.6 is 0 Å². The van der Waals surface area contributed by atoms with E-state index in [1.807, 2.05) is 36.4 Å². The molecule has 0 amide bonds. The second-order valence-corrected chi connectivity index (χ2v) is 4.58. The van der Waals surface area contributed by atoms with Gasteiger partial charge in [0.05, 0.1) is 19.3 Å². The van der Waals surface area contributed by atoms with Crippen LogP contribution in [0.2, 0.25) is 0 Å². The average molecular weight is 285 g/mol. The molecule has 21 heavy (non-hydrogen) atoms. The fraction of sp³-hybridized carbons (Fsp3) is 0.235. The highest BCUT2D eigenvalue weighted by Crippen LogP contribution is 2.23. The standard InChI is InChI=1S/C17H19NO3/c1-20-17(19)15-5-3-13(4-6-15)14-7-9-16(10-8-14)21-12-2-11-18/h3-10H,2,11-12,18H2,1H3. The van der Waals surface area contributed by atoms with Gasteiger partial charge in [-0.3, -0.25) is 0 Å². The molecule has 2 rings (SSSR count). The number of nitrogens with two attached hydrogens (primary N) is 1. The third-order valence-corrected chi connectivity index (χ3v) is 3.11. The van der Waals surface area contributed by atoms with Gasteiger partial charge in [0.25, 0.3) is 0 Å². The van der Waals surface area contributed by atoms with Crippen molar-refractivity contribution in [2.24, 2.45) is 5.73 Å². The van der Waals surface area contributed by atoms with Crippen LogP contribution in [0.5, 0.6) is 5.75 Å². The molecule has 4 nitrogen and oxygen atoms in total. The number of ether oxygens (including phenoxy) is 2. The fourth-order valence-corrected chi connectivity index (χ4v) is 1.93. The van der Waals surface area contributed by atoms with Crippen LogP contribution in [0.3, 0.4) is 0 Å². The highest BCUT2D eigenvalue weighted by atomic mass is 16.5. The lowest BCUT2D eigenvalue weighted by atomic mass is 10.0. The Kier molecular flexibility index (Phi) is 5.35. The maximum atomic E-state index is 11.4. The first-order valence-electron chi connectivity index (χ1n) is 6.86. The largest absolute Gasteiger partial charge is 0.494 e. The lowest BCUT2D eigenvalue weighted by Gasteiger charge is -2.07. The maximum absolute atomic E-state index is 11.4. The zero-order valence-corrected chi connectivity index (χ0v) is 12.0. The average Bonchev–Trinajstić information content (AvgIpc) is 2.55. The lowest BCUT2D eigenvalue weighted by Crippen LogP contribution is -2.05. The monoisotopic (exact) mass is 285 g/mol. The van der Waals surface area contributed by atoms with Gasteiger partial charge in [0.15, 0.2) is 0 Å². The smallest absolute Gasteiger partial charge is 0.337 e. The second kappa shape index (κ2) is 7.45. The fourth-order valence-electron chi connectivity index (χ4n) is 1.93. The van der Waals surface area contributed by atoms with Crippen LogP contribution in [0.1, 0.15) is 16.8 Å². The van der Waals surface area contributed by atoms with Crippen LogP contribution in [0.25, 0.3) is 11.1 Å². The summed E-state index contributed by atoms with van der Waals surface area (Å²) >= 11 is 0. The van der Waals surface area contributed by atoms with Crippen LogP contribution in [0, 0.1) is 0 Å². The highest BCUT2D eigenvalue weighted by molar-refractivity contribution is 5.89. The maximum Gasteiger partial charge on any atom is 0.337 e. The van der Waals surface area contributed by atoms with Gasteiger partial charge in [0, 0.05) is 0 Å². The van der Waals surface area contributed by atoms with Gasteiger partial charge in [0.2, 0.25) is 0 Å². The summed E-state index contributed by atoms with van der Waals surface area (Å²) in [5, 5.41) is 0. The van der Waals surface area contributed by atoms with E-state index in [1.165, 1.54) is 7.11 Å². The van der Waals surface area contributed by atoms with Crippen molar-refractivity contribution in [1.29, 1.82) is 0 Å². The Morgan fingerprint density at radius 2 is 1.57 bits per heavy atom. The molecule has 0 fully saturated rings. The van der Waals surface area contributed by atoms with Gasteiger partial charge < -0.3 is 15.2 Å². The normalized spacial score (nSPS) is 10.2. The third kappa shape index (κ3) is 4.07. The minimum absolute atomic E-state index is 0.329. The van der Waals surface area contributed by atoms with Crippen LogP contribution in [0.4, 0.5) is 0 Å². The molecule has 0 radical (unpaired) electrons. The summed E-state index contributed by atoms with van der Waals surface area (Å²) in [4.78, 5) is 11.4. The molecule has 0 aliphatic rings. The zero-order chi connectivity index (χ0) is 15.1. The molecule has 0 aliphatic heterocycles. The van der Waals surface area contributed by atoms with Gasteiger partial charge in [0.1, 0.15) is 5.75 Å². The molecule has 0 bridgehead atoms. The van der Waals surface area contributed by atoms with E-state index in [0.717, 1.165) is 23.3 Å². The van der Waals surface area contributed by atoms with Gasteiger partial charge in [-0.1, -0.05) is 24.3 Å². The number of esters is 1. The van der Waals surface area contributed by atoms with E-state index in [2.05, 4.69) is 4.74 Å². The Balaban J connectivity index is 2.06. The summed E-state index contributed by atoms with van der Waals surface area (Å²) in [6.07, 6.45) is 0.844. The van der Waals surface area contributed by atoms with Gasteiger partial charge >= 0.3 is 5.97 Å². The Labute approximate surface area is 124 Å². The molecule has 110 valence electrons. The first-order chi connectivity index (χ1) is 10.2. The quantitative estimate of drug-likeness (QED) is 0.655. The molecular weight excluding hydrogens is 266 g/mol. The Morgan fingerprint density at radius 3 is 2.10 bits per heavy atom. The zero-order valence-electron chi connectivity index (χ0n) is 12.0. The van der Waals surface area contributed by atoms with Crippen LogP contribution < -0.4 is 10.5 Å². The SMILES string of the molecule is COC(=O)c1ccc(-c2ccc(OCCCN)cc2)cc1. The number of methoxy groups -OCH3 is 1. The van der Waals surface area contributed by atoms with Gasteiger partial charge in [-0.2, -0.15) is 0 Å². The van der Waals surface area contributed by atoms with E-state index in [1.54, 1.807) is 12.1 Å². The van der Waals surface area contributed by atoms with Gasteiger partial charge in [-0.05, 0) is 48.4 Å². The molecule has 0 unspecified atom stereocenters. The topological polar surface area (TPSA) is 61.5 Å². The first-order valence-corrected chi connectivity index (χ1v) is 6.86. The number of carbonyl (C=O) groups excluding carboxylic acids is 1. The minimum Gasteiger partial charge on any atom is -0.494 e. The van der Waals surface area contributed by atoms with E-state index in [4.69, 9.17) is 10.5 Å². The second-order valence-electron chi connectivity index (χ2n) is 4.58. The minimum atomic E-state index is -0.329. The summed E-state index contributed by atoms with van der Waals surface area (Å²) in [7, 11) is 1.37. The molecule has 0 aromatic heterocycles. The summed E-state index contributed by atoms with van der Waals surface area (Å²) in [6.45, 7) is 1.26. The lowest BCUT2D eigenvalue weighted by molar-refractivity contribution is 0.0601. The van der Waals surface area contributed by atoms with Crippen molar-refractivity contribution >= 4 is 5.97 Å². The Morgan fingerprint density at radius 1 is 1.00 bits per heavy atom. The van der Waals surface area contributed by atoms with Crippen molar-refractivity contribution in [2.75, 3.05) is 20.3 Å². The summed E-state index contributed by atoms with van der Waals surface area (Å²) in [5.41, 5.74) is 8.07. The molecule has 0 saturated heterocycles. The molecule has 2 aromatic rings. The highest BCUT2D eigenvalue weighted by Gasteiger charge is 2.05. The number of carbonyl (C=O) groups is 1. The van der Waals surface area contributed by atoms with E-state index in [0.29, 0.717) is 18.7 Å². The van der Waals surface area contributed by atoms with Crippen LogP contribution in [-0.4, -0.2) is 26.2 Å². The molecule has 2 N–H and O–H groups in total. The Hall–Kier alpha value is -2.33. The predicted molar refractivity (Wildman–Crippen MR) is 82.4 cm³/mol. The molecular formula is C17H19NO3. The number of rotatable bonds is 6. The van der Waals surface area contributed by atoms with Crippen molar-refractivity contribution in [3.05, 3.63) is 54.1 Å². The van der Waals surface area contributed by atoms with Crippen LogP contribution in [0.15, 0.2) is 48.5 Å². The molecule has 2 aromatic carbocycles. The van der Waals surface area contributed by atoms with Crippen molar-refractivity contribution < 1.29 is 14.3 Å². The van der Waals surface area contributed by atoms with Crippen molar-refractivity contribution in [2.45, 2.75) is 6.42 Å². The molecule has 0 atom stereocenters. The molecule has 0 heterocycles. The van der Waals surface area contributed by atoms with Crippen molar-refractivity contribution in [1.82, 2.24) is 0 Å². The molecule has 0 spiro atoms. The van der Waals surface area contributed by atoms with E-state index >= 15 is 0 Å². The van der Waals surface area contributed by atoms with Gasteiger partial charge in [-0.25, -0.2) is 4.79 Å². The number of hydrogen-bond acceptors (Lipinski definition) is 4. The summed E-state index contributed by atoms with van der Waals surface area (Å²) < 4.78 is 10.2.